The van der Waals surface area contributed by atoms with Crippen molar-refractivity contribution in [1.29, 1.82) is 5.41 Å². The number of nitrogen functional groups attached to an aromatic ring is 1. The van der Waals surface area contributed by atoms with Gasteiger partial charge in [0.25, 0.3) is 5.91 Å². The van der Waals surface area contributed by atoms with Crippen molar-refractivity contribution < 1.29 is 24.3 Å². The van der Waals surface area contributed by atoms with Crippen LogP contribution >= 0.6 is 0 Å². The van der Waals surface area contributed by atoms with Crippen LogP contribution in [0.25, 0.3) is 0 Å². The Labute approximate surface area is 179 Å². The van der Waals surface area contributed by atoms with Crippen molar-refractivity contribution in [3.63, 3.8) is 0 Å². The van der Waals surface area contributed by atoms with E-state index in [0.717, 1.165) is 0 Å². The molecule has 1 aromatic rings. The minimum atomic E-state index is -1.11. The van der Waals surface area contributed by atoms with Crippen LogP contribution in [0, 0.1) is 5.41 Å². The number of nitrogens with one attached hydrogen (secondary N) is 2. The van der Waals surface area contributed by atoms with Gasteiger partial charge < -0.3 is 31.7 Å². The summed E-state index contributed by atoms with van der Waals surface area (Å²) in [6.45, 7) is 0.0410. The van der Waals surface area contributed by atoms with Crippen molar-refractivity contribution in [2.24, 2.45) is 11.5 Å². The summed E-state index contributed by atoms with van der Waals surface area (Å²) in [4.78, 5) is 51.4. The molecular formula is C20H28N6O5. The number of amidine groups is 1. The number of piperazine rings is 1. The third-order valence-corrected chi connectivity index (χ3v) is 5.02. The van der Waals surface area contributed by atoms with E-state index in [-0.39, 0.29) is 25.5 Å². The smallest absolute Gasteiger partial charge is 0.323 e. The van der Waals surface area contributed by atoms with Crippen molar-refractivity contribution in [3.05, 3.63) is 35.4 Å². The number of nitrogens with zero attached hydrogens (tertiary/aromatic N) is 2. The molecule has 0 bridgehead atoms. The van der Waals surface area contributed by atoms with Crippen LogP contribution in [0.1, 0.15) is 35.2 Å². The molecule has 2 rings (SSSR count). The summed E-state index contributed by atoms with van der Waals surface area (Å²) in [7, 11) is 0. The minimum absolute atomic E-state index is 0.116. The van der Waals surface area contributed by atoms with Crippen LogP contribution in [0.15, 0.2) is 24.3 Å². The molecule has 3 amide bonds. The number of hydrogen-bond acceptors (Lipinski definition) is 6. The van der Waals surface area contributed by atoms with Crippen molar-refractivity contribution >= 4 is 29.5 Å². The first-order chi connectivity index (χ1) is 14.7. The molecule has 11 heteroatoms. The quantitative estimate of drug-likeness (QED) is 0.177. The molecule has 1 saturated heterocycles. The number of rotatable bonds is 10. The summed E-state index contributed by atoms with van der Waals surface area (Å²) in [6.07, 6.45) is 1.67. The third-order valence-electron chi connectivity index (χ3n) is 5.02. The van der Waals surface area contributed by atoms with Crippen LogP contribution in [-0.4, -0.2) is 83.2 Å². The van der Waals surface area contributed by atoms with E-state index in [4.69, 9.17) is 22.0 Å². The van der Waals surface area contributed by atoms with Gasteiger partial charge in [0.2, 0.25) is 11.8 Å². The maximum Gasteiger partial charge on any atom is 0.323 e. The van der Waals surface area contributed by atoms with Gasteiger partial charge >= 0.3 is 5.97 Å². The van der Waals surface area contributed by atoms with Crippen molar-refractivity contribution in [2.45, 2.75) is 25.3 Å². The van der Waals surface area contributed by atoms with E-state index in [1.165, 1.54) is 34.1 Å². The highest BCUT2D eigenvalue weighted by atomic mass is 16.4. The number of carboxylic acid groups (broad SMARTS) is 1. The second-order valence-corrected chi connectivity index (χ2v) is 7.21. The topological polar surface area (TPSA) is 183 Å². The van der Waals surface area contributed by atoms with Crippen molar-refractivity contribution in [2.75, 3.05) is 32.7 Å². The molecule has 1 aromatic carbocycles. The largest absolute Gasteiger partial charge is 0.480 e. The van der Waals surface area contributed by atoms with Crippen LogP contribution < -0.4 is 16.8 Å². The molecule has 0 radical (unpaired) electrons. The lowest BCUT2D eigenvalue weighted by molar-refractivity contribution is -0.155. The Bertz CT molecular complexity index is 841. The highest BCUT2D eigenvalue weighted by Gasteiger charge is 2.37. The zero-order valence-electron chi connectivity index (χ0n) is 17.2. The fourth-order valence-corrected chi connectivity index (χ4v) is 3.38. The summed E-state index contributed by atoms with van der Waals surface area (Å²) in [6, 6.07) is 5.29. The van der Waals surface area contributed by atoms with Gasteiger partial charge in [0.15, 0.2) is 0 Å². The Morgan fingerprint density at radius 1 is 1.13 bits per heavy atom. The molecule has 1 heterocycles. The molecule has 1 atom stereocenters. The lowest BCUT2D eigenvalue weighted by atomic mass is 10.0. The first-order valence-electron chi connectivity index (χ1n) is 9.97. The average Bonchev–Trinajstić information content (AvgIpc) is 2.74. The molecule has 0 spiro atoms. The Morgan fingerprint density at radius 3 is 2.35 bits per heavy atom. The van der Waals surface area contributed by atoms with E-state index in [1.54, 1.807) is 0 Å². The molecule has 0 aliphatic carbocycles. The van der Waals surface area contributed by atoms with E-state index >= 15 is 0 Å². The van der Waals surface area contributed by atoms with E-state index in [9.17, 15) is 19.2 Å². The van der Waals surface area contributed by atoms with Gasteiger partial charge in [-0.3, -0.25) is 24.6 Å². The van der Waals surface area contributed by atoms with E-state index < -0.39 is 36.3 Å². The van der Waals surface area contributed by atoms with Gasteiger partial charge in [-0.25, -0.2) is 0 Å². The number of benzene rings is 1. The Hall–Kier alpha value is -3.47. The monoisotopic (exact) mass is 432 g/mol. The summed E-state index contributed by atoms with van der Waals surface area (Å²) < 4.78 is 0. The SMILES string of the molecule is N=C(N)c1ccc(C(=O)NCC(=O)N2CCN(CC(=O)O)C(=O)[C@@H]2CCCCN)cc1. The van der Waals surface area contributed by atoms with Gasteiger partial charge in [0, 0.05) is 24.2 Å². The number of amides is 3. The number of carboxylic acids is 1. The zero-order valence-corrected chi connectivity index (χ0v) is 17.2. The van der Waals surface area contributed by atoms with Gasteiger partial charge in [-0.05, 0) is 37.9 Å². The Balaban J connectivity index is 2.01. The fourth-order valence-electron chi connectivity index (χ4n) is 3.38. The van der Waals surface area contributed by atoms with Gasteiger partial charge in [-0.15, -0.1) is 0 Å². The van der Waals surface area contributed by atoms with Gasteiger partial charge in [0.05, 0.1) is 6.54 Å². The maximum atomic E-state index is 12.7. The van der Waals surface area contributed by atoms with Crippen molar-refractivity contribution in [1.82, 2.24) is 15.1 Å². The van der Waals surface area contributed by atoms with Crippen LogP contribution in [-0.2, 0) is 14.4 Å². The average molecular weight is 432 g/mol. The van der Waals surface area contributed by atoms with Gasteiger partial charge in [-0.1, -0.05) is 12.1 Å². The molecule has 0 aromatic heterocycles. The van der Waals surface area contributed by atoms with E-state index in [0.29, 0.717) is 36.9 Å². The molecule has 0 unspecified atom stereocenters. The number of unbranched alkanes of at least 4 members (excludes halogenated alkanes) is 1. The maximum absolute atomic E-state index is 12.7. The van der Waals surface area contributed by atoms with Crippen LogP contribution in [0.5, 0.6) is 0 Å². The molecule has 1 fully saturated rings. The number of aliphatic carboxylic acids is 1. The zero-order chi connectivity index (χ0) is 23.0. The second-order valence-electron chi connectivity index (χ2n) is 7.21. The molecule has 1 aliphatic rings. The highest BCUT2D eigenvalue weighted by Crippen LogP contribution is 2.17. The first kappa shape index (κ1) is 23.8. The lowest BCUT2D eigenvalue weighted by Gasteiger charge is -2.40. The molecule has 11 nitrogen and oxygen atoms in total. The van der Waals surface area contributed by atoms with Crippen LogP contribution in [0.2, 0.25) is 0 Å². The highest BCUT2D eigenvalue weighted by molar-refractivity contribution is 5.99. The molecular weight excluding hydrogens is 404 g/mol. The molecule has 168 valence electrons. The lowest BCUT2D eigenvalue weighted by Crippen LogP contribution is -2.60. The van der Waals surface area contributed by atoms with Gasteiger partial charge in [0.1, 0.15) is 18.4 Å². The van der Waals surface area contributed by atoms with E-state index in [2.05, 4.69) is 5.32 Å². The molecule has 31 heavy (non-hydrogen) atoms. The summed E-state index contributed by atoms with van der Waals surface area (Å²) in [5.74, 6) is -2.54. The Morgan fingerprint density at radius 2 is 1.77 bits per heavy atom. The fraction of sp³-hybridized carbons (Fsp3) is 0.450. The normalized spacial score (nSPS) is 16.2. The standard InChI is InChI=1S/C20H28N6O5/c21-8-2-1-3-15-20(31)25(12-17(28)29)9-10-26(15)16(27)11-24-19(30)14-6-4-13(5-7-14)18(22)23/h4-7,15H,1-3,8-12,21H2,(H3,22,23)(H,24,30)(H,28,29)/t15-/m0/s1. The summed E-state index contributed by atoms with van der Waals surface area (Å²) in [5.41, 5.74) is 11.7. The van der Waals surface area contributed by atoms with Crippen LogP contribution in [0.3, 0.4) is 0 Å². The number of nitrogens with two attached hydrogens (primary N) is 2. The Kier molecular flexibility index (Phi) is 8.50. The second kappa shape index (κ2) is 11.1. The minimum Gasteiger partial charge on any atom is -0.480 e. The third kappa shape index (κ3) is 6.51. The first-order valence-corrected chi connectivity index (χ1v) is 9.97. The summed E-state index contributed by atoms with van der Waals surface area (Å²) in [5, 5.41) is 18.9. The van der Waals surface area contributed by atoms with Gasteiger partial charge in [-0.2, -0.15) is 0 Å². The number of carbonyl (C=O) groups excluding carboxylic acids is 3. The predicted molar refractivity (Wildman–Crippen MR) is 112 cm³/mol. The summed E-state index contributed by atoms with van der Waals surface area (Å²) >= 11 is 0. The molecule has 0 saturated carbocycles. The van der Waals surface area contributed by atoms with E-state index in [1.807, 2.05) is 0 Å². The predicted octanol–water partition coefficient (Wildman–Crippen LogP) is -1.05. The van der Waals surface area contributed by atoms with Crippen LogP contribution in [0.4, 0.5) is 0 Å². The van der Waals surface area contributed by atoms with Crippen molar-refractivity contribution in [3.8, 4) is 0 Å². The molecule has 1 aliphatic heterocycles. The number of carbonyl (C=O) groups is 4. The number of hydrogen-bond donors (Lipinski definition) is 5. The molecule has 7 N–H and O–H groups in total.